The van der Waals surface area contributed by atoms with Gasteiger partial charge < -0.3 is 13.7 Å². The normalized spacial score (nSPS) is 15.3. The summed E-state index contributed by atoms with van der Waals surface area (Å²) in [5.74, 6) is 3.21. The summed E-state index contributed by atoms with van der Waals surface area (Å²) in [4.78, 5) is 4.97. The lowest BCUT2D eigenvalue weighted by atomic mass is 10.0. The smallest absolute Gasteiger partial charge is 0.229 e. The maximum Gasteiger partial charge on any atom is 0.229 e. The molecule has 4 nitrogen and oxygen atoms in total. The van der Waals surface area contributed by atoms with Crippen molar-refractivity contribution in [1.29, 1.82) is 0 Å². The van der Waals surface area contributed by atoms with Gasteiger partial charge in [-0.25, -0.2) is 4.98 Å². The number of methoxy groups -OCH3 is 2. The Bertz CT molecular complexity index is 814. The molecular weight excluding hydrogens is 358 g/mol. The van der Waals surface area contributed by atoms with Crippen LogP contribution >= 0.6 is 10.3 Å². The zero-order chi connectivity index (χ0) is 20.4. The lowest BCUT2D eigenvalue weighted by Crippen LogP contribution is -2.30. The molecule has 0 amide bonds. The van der Waals surface area contributed by atoms with Crippen LogP contribution in [0.2, 0.25) is 0 Å². The van der Waals surface area contributed by atoms with Gasteiger partial charge in [0.2, 0.25) is 5.88 Å². The lowest BCUT2D eigenvalue weighted by molar-refractivity contribution is 0.356. The van der Waals surface area contributed by atoms with E-state index in [-0.39, 0.29) is 4.75 Å². The summed E-state index contributed by atoms with van der Waals surface area (Å²) in [7, 11) is 2.02. The highest BCUT2D eigenvalue weighted by Gasteiger charge is 2.34. The van der Waals surface area contributed by atoms with Gasteiger partial charge in [0.15, 0.2) is 11.5 Å². The Morgan fingerprint density at radius 2 is 1.56 bits per heavy atom. The molecule has 2 rings (SSSR count). The van der Waals surface area contributed by atoms with Crippen LogP contribution in [0.15, 0.2) is 12.1 Å². The number of pyridine rings is 1. The van der Waals surface area contributed by atoms with E-state index in [2.05, 4.69) is 47.8 Å². The fraction of sp³-hybridized carbons (Fsp3) is 0.591. The molecule has 0 N–H and O–H groups in total. The van der Waals surface area contributed by atoms with Crippen LogP contribution in [0.1, 0.15) is 52.3 Å². The lowest BCUT2D eigenvalue weighted by Gasteiger charge is -2.46. The average molecular weight is 394 g/mol. The molecule has 0 radical (unpaired) electrons. The van der Waals surface area contributed by atoms with Crippen molar-refractivity contribution >= 4 is 21.1 Å². The second-order valence-corrected chi connectivity index (χ2v) is 12.0. The third-order valence-corrected chi connectivity index (χ3v) is 9.61. The molecule has 1 heterocycles. The van der Waals surface area contributed by atoms with Gasteiger partial charge in [-0.05, 0) is 57.9 Å². The van der Waals surface area contributed by atoms with Crippen LogP contribution in [-0.4, -0.2) is 36.0 Å². The second-order valence-electron chi connectivity index (χ2n) is 7.98. The van der Waals surface area contributed by atoms with Crippen LogP contribution in [0.25, 0.3) is 10.8 Å². The van der Waals surface area contributed by atoms with Crippen LogP contribution in [0, 0.1) is 6.92 Å². The van der Waals surface area contributed by atoms with Crippen LogP contribution in [0.3, 0.4) is 0 Å². The molecule has 1 aromatic carbocycles. The van der Waals surface area contributed by atoms with E-state index in [1.54, 1.807) is 14.2 Å². The first-order chi connectivity index (χ1) is 12.6. The Hall–Kier alpha value is -1.62. The summed E-state index contributed by atoms with van der Waals surface area (Å²) in [6.45, 7) is 13.2. The highest BCUT2D eigenvalue weighted by molar-refractivity contribution is 8.30. The molecule has 0 saturated heterocycles. The molecular formula is C22H35NO3S. The van der Waals surface area contributed by atoms with E-state index >= 15 is 0 Å². The zero-order valence-corrected chi connectivity index (χ0v) is 19.2. The number of ether oxygens (including phenoxy) is 2. The highest BCUT2D eigenvalue weighted by atomic mass is 32.3. The van der Waals surface area contributed by atoms with Gasteiger partial charge in [0.25, 0.3) is 0 Å². The number of aromatic nitrogens is 1. The number of fused-ring (bicyclic) bond motifs is 1. The van der Waals surface area contributed by atoms with Gasteiger partial charge in [-0.3, -0.25) is 0 Å². The number of hydrogen-bond donors (Lipinski definition) is 0. The molecule has 2 aromatic rings. The number of aryl methyl sites for hydroxylation is 2. The first-order valence-corrected chi connectivity index (χ1v) is 11.8. The van der Waals surface area contributed by atoms with Gasteiger partial charge in [-0.1, -0.05) is 30.6 Å². The molecule has 0 aliphatic heterocycles. The van der Waals surface area contributed by atoms with Gasteiger partial charge in [0, 0.05) is 21.4 Å². The van der Waals surface area contributed by atoms with E-state index in [9.17, 15) is 0 Å². The van der Waals surface area contributed by atoms with E-state index in [4.69, 9.17) is 18.6 Å². The van der Waals surface area contributed by atoms with Gasteiger partial charge in [-0.15, -0.1) is 0 Å². The molecule has 0 aliphatic rings. The predicted molar refractivity (Wildman–Crippen MR) is 118 cm³/mol. The first-order valence-electron chi connectivity index (χ1n) is 9.62. The van der Waals surface area contributed by atoms with Crippen LogP contribution in [-0.2, 0) is 6.42 Å². The van der Waals surface area contributed by atoms with E-state index in [1.807, 2.05) is 12.1 Å². The highest BCUT2D eigenvalue weighted by Crippen LogP contribution is 2.56. The van der Waals surface area contributed by atoms with Crippen molar-refractivity contribution in [3.05, 3.63) is 23.4 Å². The molecule has 0 fully saturated rings. The Morgan fingerprint density at radius 3 is 2.00 bits per heavy atom. The van der Waals surface area contributed by atoms with E-state index in [0.29, 0.717) is 0 Å². The summed E-state index contributed by atoms with van der Waals surface area (Å²) >= 11 is 0. The number of nitrogens with zero attached hydrogens (tertiary/aromatic N) is 1. The number of benzene rings is 1. The van der Waals surface area contributed by atoms with Gasteiger partial charge in [0.1, 0.15) is 0 Å². The monoisotopic (exact) mass is 393 g/mol. The SMILES string of the molecule is CCCc1nc(OS(C)(CC)C(C)(C)C)c(C)c2cc(OC)c(OC)cc12. The maximum atomic E-state index is 6.67. The standard InChI is InChI=1S/C22H35NO3S/c1-10-12-18-17-14-20(25-8)19(24-7)13-16(17)15(3)21(23-18)26-27(9,11-2)22(4,5)6/h13-14H,10-12H2,1-9H3. The maximum absolute atomic E-state index is 6.67. The predicted octanol–water partition coefficient (Wildman–Crippen LogP) is 6.06. The van der Waals surface area contributed by atoms with Crippen molar-refractivity contribution in [2.75, 3.05) is 26.2 Å². The first kappa shape index (κ1) is 21.7. The van der Waals surface area contributed by atoms with Gasteiger partial charge >= 0.3 is 0 Å². The molecule has 1 aromatic heterocycles. The molecule has 1 atom stereocenters. The van der Waals surface area contributed by atoms with Gasteiger partial charge in [-0.2, -0.15) is 0 Å². The molecule has 0 saturated carbocycles. The Labute approximate surface area is 166 Å². The van der Waals surface area contributed by atoms with E-state index < -0.39 is 10.3 Å². The topological polar surface area (TPSA) is 40.6 Å². The molecule has 5 heteroatoms. The van der Waals surface area contributed by atoms with Crippen molar-refractivity contribution in [2.45, 2.75) is 59.1 Å². The van der Waals surface area contributed by atoms with Crippen molar-refractivity contribution in [2.24, 2.45) is 0 Å². The minimum Gasteiger partial charge on any atom is -0.493 e. The molecule has 1 unspecified atom stereocenters. The summed E-state index contributed by atoms with van der Waals surface area (Å²) in [5, 5.41) is 2.23. The Kier molecular flexibility index (Phi) is 6.56. The van der Waals surface area contributed by atoms with Crippen LogP contribution in [0.5, 0.6) is 17.4 Å². The Morgan fingerprint density at radius 1 is 1.00 bits per heavy atom. The largest absolute Gasteiger partial charge is 0.493 e. The van der Waals surface area contributed by atoms with E-state index in [0.717, 1.165) is 58.0 Å². The van der Waals surface area contributed by atoms with E-state index in [1.165, 1.54) is 0 Å². The molecule has 152 valence electrons. The third kappa shape index (κ3) is 4.13. The zero-order valence-electron chi connectivity index (χ0n) is 18.4. The fourth-order valence-electron chi connectivity index (χ4n) is 3.11. The molecule has 0 spiro atoms. The van der Waals surface area contributed by atoms with Crippen molar-refractivity contribution < 1.29 is 13.7 Å². The second kappa shape index (κ2) is 8.17. The quantitative estimate of drug-likeness (QED) is 0.573. The minimum atomic E-state index is -1.32. The average Bonchev–Trinajstić information content (AvgIpc) is 2.63. The number of hydrogen-bond acceptors (Lipinski definition) is 4. The van der Waals surface area contributed by atoms with Crippen molar-refractivity contribution in [3.63, 3.8) is 0 Å². The van der Waals surface area contributed by atoms with Crippen molar-refractivity contribution in [1.82, 2.24) is 4.98 Å². The number of rotatable bonds is 7. The Balaban J connectivity index is 2.73. The van der Waals surface area contributed by atoms with Gasteiger partial charge in [0.05, 0.1) is 19.9 Å². The fourth-order valence-corrected chi connectivity index (χ4v) is 4.85. The summed E-state index contributed by atoms with van der Waals surface area (Å²) < 4.78 is 17.8. The summed E-state index contributed by atoms with van der Waals surface area (Å²) in [6.07, 6.45) is 4.18. The van der Waals surface area contributed by atoms with Crippen molar-refractivity contribution in [3.8, 4) is 17.4 Å². The molecule has 0 aliphatic carbocycles. The van der Waals surface area contributed by atoms with Crippen LogP contribution < -0.4 is 13.7 Å². The third-order valence-electron chi connectivity index (χ3n) is 5.39. The molecule has 0 bridgehead atoms. The minimum absolute atomic E-state index is 0.0767. The summed E-state index contributed by atoms with van der Waals surface area (Å²) in [5.41, 5.74) is 2.11. The summed E-state index contributed by atoms with van der Waals surface area (Å²) in [6, 6.07) is 4.09. The molecule has 27 heavy (non-hydrogen) atoms. The van der Waals surface area contributed by atoms with Crippen LogP contribution in [0.4, 0.5) is 0 Å².